The van der Waals surface area contributed by atoms with Gasteiger partial charge in [0.2, 0.25) is 0 Å². The Bertz CT molecular complexity index is 5970. The van der Waals surface area contributed by atoms with Gasteiger partial charge in [-0.1, -0.05) is 365 Å². The minimum absolute atomic E-state index is 0.348. The molecule has 2 heterocycles. The third-order valence-corrected chi connectivity index (χ3v) is 21.4. The molecule has 0 radical (unpaired) electrons. The van der Waals surface area contributed by atoms with Gasteiger partial charge in [0.15, 0.2) is 34.9 Å². The van der Waals surface area contributed by atoms with E-state index in [4.69, 9.17) is 29.9 Å². The predicted molar refractivity (Wildman–Crippen MR) is 424 cm³/mol. The van der Waals surface area contributed by atoms with Gasteiger partial charge in [-0.3, -0.25) is 0 Å². The molecule has 488 valence electrons. The summed E-state index contributed by atoms with van der Waals surface area (Å²) in [7, 11) is 0. The summed E-state index contributed by atoms with van der Waals surface area (Å²) < 4.78 is 0. The Morgan fingerprint density at radius 1 is 0.212 bits per heavy atom. The van der Waals surface area contributed by atoms with Gasteiger partial charge in [-0.25, -0.2) is 29.9 Å². The van der Waals surface area contributed by atoms with E-state index in [9.17, 15) is 0 Å². The average Bonchev–Trinajstić information content (AvgIpc) is 1.54. The zero-order valence-electron chi connectivity index (χ0n) is 57.1. The highest BCUT2D eigenvalue weighted by Gasteiger charge is 2.47. The minimum Gasteiger partial charge on any atom is -0.208 e. The summed E-state index contributed by atoms with van der Waals surface area (Å²) >= 11 is 0. The van der Waals surface area contributed by atoms with Crippen molar-refractivity contribution in [1.29, 1.82) is 0 Å². The predicted octanol–water partition coefficient (Wildman–Crippen LogP) is 23.8. The fourth-order valence-corrected chi connectivity index (χ4v) is 16.3. The summed E-state index contributed by atoms with van der Waals surface area (Å²) in [5.41, 5.74) is 28.1. The zero-order valence-corrected chi connectivity index (χ0v) is 57.1. The van der Waals surface area contributed by atoms with Crippen LogP contribution in [0.3, 0.4) is 0 Å². The first-order valence-electron chi connectivity index (χ1n) is 35.6. The average molecular weight is 1330 g/mol. The van der Waals surface area contributed by atoms with Crippen molar-refractivity contribution in [3.05, 3.63) is 409 Å². The van der Waals surface area contributed by atoms with E-state index in [-0.39, 0.29) is 5.41 Å². The number of rotatable bonds is 14. The summed E-state index contributed by atoms with van der Waals surface area (Å²) in [5, 5.41) is 2.46. The lowest BCUT2D eigenvalue weighted by Crippen LogP contribution is -2.28. The maximum absolute atomic E-state index is 5.25. The minimum atomic E-state index is -0.461. The summed E-state index contributed by atoms with van der Waals surface area (Å²) in [6.07, 6.45) is 0.787. The Morgan fingerprint density at radius 3 is 0.933 bits per heavy atom. The molecule has 0 saturated heterocycles. The van der Waals surface area contributed by atoms with Crippen LogP contribution in [0.1, 0.15) is 45.9 Å². The van der Waals surface area contributed by atoms with Gasteiger partial charge in [0.05, 0.1) is 5.41 Å². The highest BCUT2D eigenvalue weighted by Crippen LogP contribution is 2.59. The van der Waals surface area contributed by atoms with Gasteiger partial charge in [-0.15, -0.1) is 0 Å². The van der Waals surface area contributed by atoms with Gasteiger partial charge in [0.25, 0.3) is 0 Å². The molecule has 104 heavy (non-hydrogen) atoms. The monoisotopic (exact) mass is 1330 g/mol. The van der Waals surface area contributed by atoms with E-state index >= 15 is 0 Å². The smallest absolute Gasteiger partial charge is 0.164 e. The lowest BCUT2D eigenvalue weighted by Gasteiger charge is -2.34. The highest BCUT2D eigenvalue weighted by atomic mass is 15.0. The third kappa shape index (κ3) is 10.7. The molecule has 17 aromatic rings. The van der Waals surface area contributed by atoms with E-state index in [1.807, 2.05) is 78.9 Å². The Hall–Kier alpha value is -13.4. The van der Waals surface area contributed by atoms with Crippen molar-refractivity contribution < 1.29 is 0 Å². The van der Waals surface area contributed by atoms with Crippen LogP contribution in [-0.2, 0) is 17.3 Å². The Morgan fingerprint density at radius 2 is 0.510 bits per heavy atom. The van der Waals surface area contributed by atoms with Crippen LogP contribution in [0.15, 0.2) is 370 Å². The SMILES string of the molecule is CC1(Cc2ccc(-c3nc(-c4ccccc4)nc(-c4ccc(-c5ccc(-c6cccc7c6-c6ccccc6C7(c6ccccc6)c6ccccc6)cc5)cc4)n3)cc2)c2cc3ccccc3cc2-c2c(-c3ccc(-c4ccc(-c5nc(-c6ccccc6)nc(-c6ccccc6)n5)cc4)cc3)cccc21. The maximum atomic E-state index is 5.25. The van der Waals surface area contributed by atoms with E-state index in [0.29, 0.717) is 34.9 Å². The Kier molecular flexibility index (Phi) is 15.2. The number of hydrogen-bond donors (Lipinski definition) is 0. The topological polar surface area (TPSA) is 77.3 Å². The van der Waals surface area contributed by atoms with Gasteiger partial charge < -0.3 is 0 Å². The number of benzene rings is 15. The first-order valence-corrected chi connectivity index (χ1v) is 35.6. The van der Waals surface area contributed by atoms with Crippen LogP contribution in [-0.4, -0.2) is 29.9 Å². The summed E-state index contributed by atoms with van der Waals surface area (Å²) in [4.78, 5) is 30.4. The largest absolute Gasteiger partial charge is 0.208 e. The molecule has 0 aliphatic heterocycles. The molecule has 1 atom stereocenters. The van der Waals surface area contributed by atoms with Crippen molar-refractivity contribution in [2.45, 2.75) is 24.2 Å². The van der Waals surface area contributed by atoms with Crippen molar-refractivity contribution in [2.24, 2.45) is 0 Å². The molecule has 0 fully saturated rings. The van der Waals surface area contributed by atoms with Crippen LogP contribution < -0.4 is 0 Å². The van der Waals surface area contributed by atoms with Crippen molar-refractivity contribution >= 4 is 10.8 Å². The lowest BCUT2D eigenvalue weighted by molar-refractivity contribution is 0.583. The van der Waals surface area contributed by atoms with Crippen LogP contribution in [0.25, 0.3) is 146 Å². The molecule has 2 aliphatic carbocycles. The molecule has 2 aliphatic rings. The first-order chi connectivity index (χ1) is 51.4. The molecule has 6 nitrogen and oxygen atoms in total. The molecule has 0 spiro atoms. The summed E-state index contributed by atoms with van der Waals surface area (Å²) in [6, 6.07) is 133. The van der Waals surface area contributed by atoms with Crippen molar-refractivity contribution in [3.8, 4) is 135 Å². The third-order valence-electron chi connectivity index (χ3n) is 21.4. The molecule has 1 unspecified atom stereocenters. The van der Waals surface area contributed by atoms with Crippen molar-refractivity contribution in [3.63, 3.8) is 0 Å². The summed E-state index contributed by atoms with van der Waals surface area (Å²) in [6.45, 7) is 2.43. The molecular weight excluding hydrogens is 1260 g/mol. The second-order valence-electron chi connectivity index (χ2n) is 27.5. The number of fused-ring (bicyclic) bond motifs is 7. The molecule has 0 saturated carbocycles. The Labute approximate surface area is 605 Å². The van der Waals surface area contributed by atoms with Gasteiger partial charge in [-0.2, -0.15) is 0 Å². The van der Waals surface area contributed by atoms with Gasteiger partial charge in [-0.05, 0) is 135 Å². The molecule has 0 amide bonds. The van der Waals surface area contributed by atoms with Crippen LogP contribution >= 0.6 is 0 Å². The highest BCUT2D eigenvalue weighted by molar-refractivity contribution is 6.00. The van der Waals surface area contributed by atoms with Crippen LogP contribution in [0.4, 0.5) is 0 Å². The molecule has 19 rings (SSSR count). The molecule has 0 bridgehead atoms. The van der Waals surface area contributed by atoms with E-state index in [1.165, 1.54) is 94.2 Å². The number of hydrogen-bond acceptors (Lipinski definition) is 6. The molecule has 15 aromatic carbocycles. The fraction of sp³-hybridized carbons (Fsp3) is 0.0408. The number of aromatic nitrogens is 6. The van der Waals surface area contributed by atoms with E-state index in [0.717, 1.165) is 62.1 Å². The second kappa shape index (κ2) is 25.6. The number of nitrogens with zero attached hydrogens (tertiary/aromatic N) is 6. The van der Waals surface area contributed by atoms with Crippen molar-refractivity contribution in [2.75, 3.05) is 0 Å². The summed E-state index contributed by atoms with van der Waals surface area (Å²) in [5.74, 6) is 3.78. The van der Waals surface area contributed by atoms with Crippen LogP contribution in [0.2, 0.25) is 0 Å². The second-order valence-corrected chi connectivity index (χ2v) is 27.5. The normalized spacial score (nSPS) is 13.8. The quantitative estimate of drug-likeness (QED) is 0.108. The molecule has 6 heteroatoms. The van der Waals surface area contributed by atoms with Crippen molar-refractivity contribution in [1.82, 2.24) is 29.9 Å². The first kappa shape index (κ1) is 61.7. The molecule has 0 N–H and O–H groups in total. The van der Waals surface area contributed by atoms with Gasteiger partial charge in [0, 0.05) is 38.8 Å². The van der Waals surface area contributed by atoms with Gasteiger partial charge in [0.1, 0.15) is 0 Å². The van der Waals surface area contributed by atoms with E-state index in [2.05, 4.69) is 298 Å². The maximum Gasteiger partial charge on any atom is 0.164 e. The molecular formula is C98H66N6. The van der Waals surface area contributed by atoms with E-state index < -0.39 is 5.41 Å². The molecule has 2 aromatic heterocycles. The zero-order chi connectivity index (χ0) is 69.1. The van der Waals surface area contributed by atoms with E-state index in [1.54, 1.807) is 0 Å². The lowest BCUT2D eigenvalue weighted by atomic mass is 9.67. The van der Waals surface area contributed by atoms with Crippen LogP contribution in [0, 0.1) is 0 Å². The van der Waals surface area contributed by atoms with Gasteiger partial charge >= 0.3 is 0 Å². The fourth-order valence-electron chi connectivity index (χ4n) is 16.3. The standard InChI is InChI=1S/C98H66N6/c1-97(86-39-21-36-82(90(86)84-61-77-29-17-18-30-78(77)62-88(84)97)70-55-47-66(48-56-70)68-49-57-75(58-50-68)95-101-91(71-23-7-2-8-24-71)99-92(102-95)72-25-9-3-10-26-72)63-64-41-43-74(44-42-64)94-100-93(73-27-11-4-12-28-73)103-96(104-94)76-59-51-67(52-60-76)65-45-53-69(54-46-65)81-37-22-40-87-89(81)83-35-19-20-38-85(83)98(87,79-31-13-5-14-32-79)80-33-15-6-16-34-80/h2-62H,63H2,1H3. The van der Waals surface area contributed by atoms with Crippen LogP contribution in [0.5, 0.6) is 0 Å². The Balaban J connectivity index is 0.605.